The third-order valence-electron chi connectivity index (χ3n) is 5.29. The Labute approximate surface area is 177 Å². The molecule has 0 aromatic carbocycles. The van der Waals surface area contributed by atoms with Gasteiger partial charge in [-0.2, -0.15) is 0 Å². The standard InChI is InChI=1S/C23H28N6O/c1-17-6-3-9-22(26-17)28-23-10-4-7-19(27-23)20-8-5-12-29(20)16-18-14-24-21(25-15-18)11-13-30-2/h3-4,6-7,9-10,14-15,20H,5,8,11-13,16H2,1-2H3,(H,26,27,28)/t20-/m1/s1. The van der Waals surface area contributed by atoms with Crippen LogP contribution in [0.4, 0.5) is 11.6 Å². The predicted molar refractivity (Wildman–Crippen MR) is 116 cm³/mol. The van der Waals surface area contributed by atoms with Gasteiger partial charge in [-0.3, -0.25) is 4.90 Å². The summed E-state index contributed by atoms with van der Waals surface area (Å²) in [6, 6.07) is 12.4. The van der Waals surface area contributed by atoms with Gasteiger partial charge in [0.05, 0.1) is 18.3 Å². The van der Waals surface area contributed by atoms with Crippen molar-refractivity contribution in [3.8, 4) is 0 Å². The van der Waals surface area contributed by atoms with Gasteiger partial charge in [0.2, 0.25) is 0 Å². The largest absolute Gasteiger partial charge is 0.384 e. The highest BCUT2D eigenvalue weighted by molar-refractivity contribution is 5.51. The van der Waals surface area contributed by atoms with Crippen molar-refractivity contribution in [3.63, 3.8) is 0 Å². The number of likely N-dealkylation sites (tertiary alicyclic amines) is 1. The molecule has 1 aliphatic rings. The molecular weight excluding hydrogens is 376 g/mol. The molecule has 156 valence electrons. The first-order valence-electron chi connectivity index (χ1n) is 10.4. The number of methoxy groups -OCH3 is 1. The van der Waals surface area contributed by atoms with E-state index < -0.39 is 0 Å². The fourth-order valence-electron chi connectivity index (χ4n) is 3.82. The highest BCUT2D eigenvalue weighted by Crippen LogP contribution is 2.32. The van der Waals surface area contributed by atoms with Gasteiger partial charge in [-0.15, -0.1) is 0 Å². The molecule has 0 saturated carbocycles. The van der Waals surface area contributed by atoms with Crippen LogP contribution < -0.4 is 5.32 Å². The van der Waals surface area contributed by atoms with Gasteiger partial charge < -0.3 is 10.1 Å². The molecule has 30 heavy (non-hydrogen) atoms. The summed E-state index contributed by atoms with van der Waals surface area (Å²) >= 11 is 0. The molecule has 7 nitrogen and oxygen atoms in total. The molecule has 7 heteroatoms. The monoisotopic (exact) mass is 404 g/mol. The van der Waals surface area contributed by atoms with Crippen LogP contribution in [0.5, 0.6) is 0 Å². The Morgan fingerprint density at radius 1 is 1.07 bits per heavy atom. The molecule has 1 fully saturated rings. The van der Waals surface area contributed by atoms with Gasteiger partial charge in [-0.1, -0.05) is 12.1 Å². The Balaban J connectivity index is 1.44. The van der Waals surface area contributed by atoms with Gasteiger partial charge in [0.25, 0.3) is 0 Å². The van der Waals surface area contributed by atoms with Gasteiger partial charge in [0, 0.05) is 43.7 Å². The molecule has 4 rings (SSSR count). The van der Waals surface area contributed by atoms with Gasteiger partial charge in [0.1, 0.15) is 17.5 Å². The Morgan fingerprint density at radius 2 is 1.83 bits per heavy atom. The molecule has 0 spiro atoms. The SMILES string of the molecule is COCCc1ncc(CN2CCC[C@@H]2c2cccc(Nc3cccc(C)n3)n2)cn1. The first-order valence-corrected chi connectivity index (χ1v) is 10.4. The van der Waals surface area contributed by atoms with Crippen LogP contribution in [-0.4, -0.2) is 45.1 Å². The molecule has 4 heterocycles. The summed E-state index contributed by atoms with van der Waals surface area (Å²) in [6.07, 6.45) is 6.87. The van der Waals surface area contributed by atoms with Crippen molar-refractivity contribution in [2.75, 3.05) is 25.6 Å². The lowest BCUT2D eigenvalue weighted by atomic mass is 10.1. The van der Waals surface area contributed by atoms with E-state index in [1.807, 2.05) is 43.6 Å². The summed E-state index contributed by atoms with van der Waals surface area (Å²) in [7, 11) is 1.69. The highest BCUT2D eigenvalue weighted by Gasteiger charge is 2.27. The molecular formula is C23H28N6O. The van der Waals surface area contributed by atoms with Crippen molar-refractivity contribution < 1.29 is 4.74 Å². The van der Waals surface area contributed by atoms with Crippen molar-refractivity contribution in [2.24, 2.45) is 0 Å². The predicted octanol–water partition coefficient (Wildman–Crippen LogP) is 3.84. The second-order valence-electron chi connectivity index (χ2n) is 7.62. The summed E-state index contributed by atoms with van der Waals surface area (Å²) in [5.74, 6) is 2.46. The lowest BCUT2D eigenvalue weighted by Gasteiger charge is -2.24. The number of aryl methyl sites for hydroxylation is 1. The topological polar surface area (TPSA) is 76.1 Å². The molecule has 1 N–H and O–H groups in total. The van der Waals surface area contributed by atoms with E-state index in [0.717, 1.165) is 66.8 Å². The number of anilines is 2. The normalized spacial score (nSPS) is 16.7. The average molecular weight is 405 g/mol. The third-order valence-corrected chi connectivity index (χ3v) is 5.29. The van der Waals surface area contributed by atoms with E-state index in [2.05, 4.69) is 37.3 Å². The molecule has 0 radical (unpaired) electrons. The van der Waals surface area contributed by atoms with Crippen molar-refractivity contribution in [1.82, 2.24) is 24.8 Å². The number of ether oxygens (including phenoxy) is 1. The Morgan fingerprint density at radius 3 is 2.60 bits per heavy atom. The lowest BCUT2D eigenvalue weighted by Crippen LogP contribution is -2.24. The fourth-order valence-corrected chi connectivity index (χ4v) is 3.82. The Bertz CT molecular complexity index is 962. The number of hydrogen-bond acceptors (Lipinski definition) is 7. The van der Waals surface area contributed by atoms with Crippen molar-refractivity contribution in [3.05, 3.63) is 71.6 Å². The van der Waals surface area contributed by atoms with Crippen LogP contribution in [0.2, 0.25) is 0 Å². The van der Waals surface area contributed by atoms with E-state index in [1.165, 1.54) is 0 Å². The molecule has 3 aromatic heterocycles. The molecule has 0 bridgehead atoms. The van der Waals surface area contributed by atoms with Crippen LogP contribution in [0.25, 0.3) is 0 Å². The zero-order chi connectivity index (χ0) is 20.8. The maximum Gasteiger partial charge on any atom is 0.131 e. The summed E-state index contributed by atoms with van der Waals surface area (Å²) in [5, 5.41) is 3.33. The lowest BCUT2D eigenvalue weighted by molar-refractivity contribution is 0.200. The van der Waals surface area contributed by atoms with Crippen LogP contribution in [0, 0.1) is 6.92 Å². The van der Waals surface area contributed by atoms with Crippen LogP contribution in [0.15, 0.2) is 48.8 Å². The average Bonchev–Trinajstić information content (AvgIpc) is 3.22. The molecule has 1 aliphatic heterocycles. The van der Waals surface area contributed by atoms with Gasteiger partial charge >= 0.3 is 0 Å². The molecule has 1 saturated heterocycles. The number of pyridine rings is 2. The summed E-state index contributed by atoms with van der Waals surface area (Å²) in [5.41, 5.74) is 3.19. The zero-order valence-electron chi connectivity index (χ0n) is 17.6. The van der Waals surface area contributed by atoms with E-state index in [9.17, 15) is 0 Å². The van der Waals surface area contributed by atoms with Gasteiger partial charge in [0.15, 0.2) is 0 Å². The number of aromatic nitrogens is 4. The summed E-state index contributed by atoms with van der Waals surface area (Å²) < 4.78 is 5.10. The Hall–Kier alpha value is -2.90. The summed E-state index contributed by atoms with van der Waals surface area (Å²) in [4.78, 5) is 20.8. The second-order valence-corrected chi connectivity index (χ2v) is 7.62. The van der Waals surface area contributed by atoms with Crippen LogP contribution >= 0.6 is 0 Å². The van der Waals surface area contributed by atoms with Crippen molar-refractivity contribution in [2.45, 2.75) is 38.8 Å². The Kier molecular flexibility index (Phi) is 6.61. The minimum Gasteiger partial charge on any atom is -0.384 e. The molecule has 3 aromatic rings. The zero-order valence-corrected chi connectivity index (χ0v) is 17.6. The quantitative estimate of drug-likeness (QED) is 0.611. The summed E-state index contributed by atoms with van der Waals surface area (Å²) in [6.45, 7) is 4.50. The van der Waals surface area contributed by atoms with Crippen molar-refractivity contribution in [1.29, 1.82) is 0 Å². The number of rotatable bonds is 8. The first-order chi connectivity index (χ1) is 14.7. The van der Waals surface area contributed by atoms with Gasteiger partial charge in [-0.05, 0) is 50.6 Å². The molecule has 1 atom stereocenters. The minimum atomic E-state index is 0.297. The van der Waals surface area contributed by atoms with E-state index in [1.54, 1.807) is 7.11 Å². The van der Waals surface area contributed by atoms with Crippen molar-refractivity contribution >= 4 is 11.6 Å². The maximum absolute atomic E-state index is 5.10. The number of nitrogens with one attached hydrogen (secondary N) is 1. The van der Waals surface area contributed by atoms with Crippen LogP contribution in [0.1, 0.15) is 41.7 Å². The second kappa shape index (κ2) is 9.73. The third kappa shape index (κ3) is 5.17. The van der Waals surface area contributed by atoms with Gasteiger partial charge in [-0.25, -0.2) is 19.9 Å². The van der Waals surface area contributed by atoms with Crippen LogP contribution in [0.3, 0.4) is 0 Å². The first kappa shape index (κ1) is 20.4. The molecule has 0 aliphatic carbocycles. The van der Waals surface area contributed by atoms with E-state index in [4.69, 9.17) is 9.72 Å². The van der Waals surface area contributed by atoms with E-state index in [-0.39, 0.29) is 0 Å². The smallest absolute Gasteiger partial charge is 0.131 e. The molecule has 0 amide bonds. The fraction of sp³-hybridized carbons (Fsp3) is 0.391. The minimum absolute atomic E-state index is 0.297. The van der Waals surface area contributed by atoms with Crippen LogP contribution in [-0.2, 0) is 17.7 Å². The van der Waals surface area contributed by atoms with E-state index in [0.29, 0.717) is 12.6 Å². The number of nitrogens with zero attached hydrogens (tertiary/aromatic N) is 5. The number of hydrogen-bond donors (Lipinski definition) is 1. The maximum atomic E-state index is 5.10. The molecule has 0 unspecified atom stereocenters. The highest BCUT2D eigenvalue weighted by atomic mass is 16.5. The van der Waals surface area contributed by atoms with E-state index >= 15 is 0 Å².